The highest BCUT2D eigenvalue weighted by Crippen LogP contribution is 2.19. The zero-order chi connectivity index (χ0) is 9.90. The second kappa shape index (κ2) is 4.39. The van der Waals surface area contributed by atoms with Crippen LogP contribution >= 0.6 is 0 Å². The van der Waals surface area contributed by atoms with Gasteiger partial charge in [-0.2, -0.15) is 0 Å². The lowest BCUT2D eigenvalue weighted by Crippen LogP contribution is -2.30. The average molecular weight is 207 g/mol. The van der Waals surface area contributed by atoms with Crippen molar-refractivity contribution in [2.75, 3.05) is 32.6 Å². The van der Waals surface area contributed by atoms with E-state index in [-0.39, 0.29) is 5.75 Å². The summed E-state index contributed by atoms with van der Waals surface area (Å²) in [6.45, 7) is 3.63. The van der Waals surface area contributed by atoms with E-state index < -0.39 is 10.0 Å². The van der Waals surface area contributed by atoms with Crippen LogP contribution in [0.4, 0.5) is 0 Å². The number of nitrogens with zero attached hydrogens (tertiary/aromatic N) is 1. The summed E-state index contributed by atoms with van der Waals surface area (Å²) < 4.78 is 29.4. The van der Waals surface area contributed by atoms with Crippen LogP contribution in [0.25, 0.3) is 0 Å². The first-order valence-corrected chi connectivity index (χ1v) is 6.17. The number of hydrogen-bond acceptors (Lipinski definition) is 3. The molecular formula is C8H17NO3S. The number of sulfonamides is 1. The van der Waals surface area contributed by atoms with Gasteiger partial charge >= 0.3 is 0 Å². The molecule has 1 aliphatic rings. The van der Waals surface area contributed by atoms with Gasteiger partial charge in [-0.05, 0) is 19.3 Å². The van der Waals surface area contributed by atoms with Gasteiger partial charge in [0.25, 0.3) is 0 Å². The SMILES string of the molecule is CCS(=O)(=O)N1CCC(COC)C1. The van der Waals surface area contributed by atoms with Crippen molar-refractivity contribution in [2.45, 2.75) is 13.3 Å². The minimum Gasteiger partial charge on any atom is -0.384 e. The highest BCUT2D eigenvalue weighted by molar-refractivity contribution is 7.89. The third-order valence-corrected chi connectivity index (χ3v) is 4.26. The van der Waals surface area contributed by atoms with E-state index in [2.05, 4.69) is 0 Å². The van der Waals surface area contributed by atoms with Gasteiger partial charge in [-0.15, -0.1) is 0 Å². The molecular weight excluding hydrogens is 190 g/mol. The second-order valence-corrected chi connectivity index (χ2v) is 5.63. The standard InChI is InChI=1S/C8H17NO3S/c1-3-13(10,11)9-5-4-8(6-9)7-12-2/h8H,3-7H2,1-2H3. The van der Waals surface area contributed by atoms with E-state index in [9.17, 15) is 8.42 Å². The summed E-state index contributed by atoms with van der Waals surface area (Å²) in [5.41, 5.74) is 0. The predicted octanol–water partition coefficient (Wildman–Crippen LogP) is 0.304. The highest BCUT2D eigenvalue weighted by atomic mass is 32.2. The fourth-order valence-corrected chi connectivity index (χ4v) is 2.79. The molecule has 1 fully saturated rings. The minimum absolute atomic E-state index is 0.201. The van der Waals surface area contributed by atoms with Crippen molar-refractivity contribution < 1.29 is 13.2 Å². The lowest BCUT2D eigenvalue weighted by atomic mass is 10.1. The van der Waals surface area contributed by atoms with Crippen LogP contribution in [-0.4, -0.2) is 45.3 Å². The van der Waals surface area contributed by atoms with E-state index >= 15 is 0 Å². The Morgan fingerprint density at radius 2 is 2.23 bits per heavy atom. The van der Waals surface area contributed by atoms with E-state index in [1.54, 1.807) is 18.3 Å². The Balaban J connectivity index is 2.50. The third kappa shape index (κ3) is 2.65. The molecule has 1 heterocycles. The monoisotopic (exact) mass is 207 g/mol. The molecule has 0 saturated carbocycles. The molecule has 4 nitrogen and oxygen atoms in total. The van der Waals surface area contributed by atoms with Crippen LogP contribution in [0.1, 0.15) is 13.3 Å². The Kier molecular flexibility index (Phi) is 3.70. The molecule has 0 amide bonds. The number of methoxy groups -OCH3 is 1. The molecule has 0 aromatic rings. The maximum Gasteiger partial charge on any atom is 0.213 e. The van der Waals surface area contributed by atoms with Crippen molar-refractivity contribution in [3.05, 3.63) is 0 Å². The number of rotatable bonds is 4. The van der Waals surface area contributed by atoms with Gasteiger partial charge in [0.15, 0.2) is 0 Å². The van der Waals surface area contributed by atoms with Crippen LogP contribution in [0, 0.1) is 5.92 Å². The van der Waals surface area contributed by atoms with E-state index in [0.717, 1.165) is 6.42 Å². The Hall–Kier alpha value is -0.130. The molecule has 0 bridgehead atoms. The van der Waals surface area contributed by atoms with Crippen molar-refractivity contribution in [3.63, 3.8) is 0 Å². The second-order valence-electron chi connectivity index (χ2n) is 3.37. The van der Waals surface area contributed by atoms with Crippen LogP contribution in [0.2, 0.25) is 0 Å². The molecule has 5 heteroatoms. The molecule has 0 aliphatic carbocycles. The predicted molar refractivity (Wildman–Crippen MR) is 51.0 cm³/mol. The summed E-state index contributed by atoms with van der Waals surface area (Å²) in [5, 5.41) is 0. The van der Waals surface area contributed by atoms with Crippen molar-refractivity contribution in [3.8, 4) is 0 Å². The summed E-state index contributed by atoms with van der Waals surface area (Å²) in [7, 11) is -1.32. The van der Waals surface area contributed by atoms with Gasteiger partial charge in [0.2, 0.25) is 10.0 Å². The highest BCUT2D eigenvalue weighted by Gasteiger charge is 2.29. The lowest BCUT2D eigenvalue weighted by molar-refractivity contribution is 0.157. The van der Waals surface area contributed by atoms with Crippen LogP contribution in [0.5, 0.6) is 0 Å². The largest absolute Gasteiger partial charge is 0.384 e. The molecule has 78 valence electrons. The van der Waals surface area contributed by atoms with Gasteiger partial charge in [0.1, 0.15) is 0 Å². The van der Waals surface area contributed by atoms with Crippen LogP contribution < -0.4 is 0 Å². The average Bonchev–Trinajstić information content (AvgIpc) is 2.54. The fourth-order valence-electron chi connectivity index (χ4n) is 1.60. The Morgan fingerprint density at radius 1 is 1.54 bits per heavy atom. The molecule has 0 N–H and O–H groups in total. The van der Waals surface area contributed by atoms with E-state index in [4.69, 9.17) is 4.74 Å². The Labute approximate surface area is 79.9 Å². The van der Waals surface area contributed by atoms with Crippen LogP contribution in [-0.2, 0) is 14.8 Å². The summed E-state index contributed by atoms with van der Waals surface area (Å²) in [6, 6.07) is 0. The molecule has 0 radical (unpaired) electrons. The molecule has 13 heavy (non-hydrogen) atoms. The van der Waals surface area contributed by atoms with Gasteiger partial charge in [0.05, 0.1) is 12.4 Å². The lowest BCUT2D eigenvalue weighted by Gasteiger charge is -2.14. The summed E-state index contributed by atoms with van der Waals surface area (Å²) in [4.78, 5) is 0. The number of hydrogen-bond donors (Lipinski definition) is 0. The Morgan fingerprint density at radius 3 is 2.77 bits per heavy atom. The molecule has 1 atom stereocenters. The zero-order valence-corrected chi connectivity index (χ0v) is 9.01. The summed E-state index contributed by atoms with van der Waals surface area (Å²) in [6.07, 6.45) is 0.924. The van der Waals surface area contributed by atoms with Crippen molar-refractivity contribution in [2.24, 2.45) is 5.92 Å². The molecule has 0 spiro atoms. The Bertz CT molecular complexity index is 250. The molecule has 0 aromatic heterocycles. The maximum atomic E-state index is 11.4. The zero-order valence-electron chi connectivity index (χ0n) is 8.19. The maximum absolute atomic E-state index is 11.4. The van der Waals surface area contributed by atoms with Gasteiger partial charge < -0.3 is 4.74 Å². The van der Waals surface area contributed by atoms with Gasteiger partial charge in [-0.3, -0.25) is 0 Å². The summed E-state index contributed by atoms with van der Waals surface area (Å²) in [5.74, 6) is 0.582. The van der Waals surface area contributed by atoms with Gasteiger partial charge in [-0.25, -0.2) is 12.7 Å². The molecule has 0 aromatic carbocycles. The summed E-state index contributed by atoms with van der Waals surface area (Å²) >= 11 is 0. The number of ether oxygens (including phenoxy) is 1. The van der Waals surface area contributed by atoms with Crippen LogP contribution in [0.15, 0.2) is 0 Å². The van der Waals surface area contributed by atoms with E-state index in [0.29, 0.717) is 25.6 Å². The molecule has 1 aliphatic heterocycles. The van der Waals surface area contributed by atoms with E-state index in [1.807, 2.05) is 0 Å². The molecule has 1 saturated heterocycles. The van der Waals surface area contributed by atoms with Crippen molar-refractivity contribution in [1.29, 1.82) is 0 Å². The normalized spacial score (nSPS) is 25.2. The van der Waals surface area contributed by atoms with Crippen molar-refractivity contribution in [1.82, 2.24) is 4.31 Å². The quantitative estimate of drug-likeness (QED) is 0.666. The smallest absolute Gasteiger partial charge is 0.213 e. The molecule has 1 unspecified atom stereocenters. The van der Waals surface area contributed by atoms with Crippen LogP contribution in [0.3, 0.4) is 0 Å². The van der Waals surface area contributed by atoms with Crippen molar-refractivity contribution >= 4 is 10.0 Å². The topological polar surface area (TPSA) is 46.6 Å². The van der Waals surface area contributed by atoms with Gasteiger partial charge in [0, 0.05) is 20.2 Å². The first kappa shape index (κ1) is 10.9. The minimum atomic E-state index is -2.97. The first-order chi connectivity index (χ1) is 6.10. The van der Waals surface area contributed by atoms with E-state index in [1.165, 1.54) is 0 Å². The first-order valence-electron chi connectivity index (χ1n) is 4.57. The third-order valence-electron chi connectivity index (χ3n) is 2.41. The fraction of sp³-hybridized carbons (Fsp3) is 1.00. The van der Waals surface area contributed by atoms with Gasteiger partial charge in [-0.1, -0.05) is 0 Å². The molecule has 1 rings (SSSR count).